The Bertz CT molecular complexity index is 364. The van der Waals surface area contributed by atoms with Crippen LogP contribution in [0.3, 0.4) is 0 Å². The molecule has 3 atom stereocenters. The van der Waals surface area contributed by atoms with Crippen LogP contribution in [0.4, 0.5) is 0 Å². The van der Waals surface area contributed by atoms with Gasteiger partial charge in [0.25, 0.3) is 0 Å². The van der Waals surface area contributed by atoms with E-state index in [1.807, 2.05) is 31.2 Å². The molecule has 0 amide bonds. The fraction of sp³-hybridized carbons (Fsp3) is 0.538. The van der Waals surface area contributed by atoms with Gasteiger partial charge >= 0.3 is 0 Å². The molecule has 1 saturated heterocycles. The first-order valence-corrected chi connectivity index (χ1v) is 6.29. The van der Waals surface area contributed by atoms with Gasteiger partial charge in [-0.25, -0.2) is 0 Å². The number of halogens is 1. The zero-order valence-corrected chi connectivity index (χ0v) is 10.7. The summed E-state index contributed by atoms with van der Waals surface area (Å²) in [5, 5.41) is 0.708. The minimum atomic E-state index is -0.125. The van der Waals surface area contributed by atoms with Gasteiger partial charge in [0.2, 0.25) is 0 Å². The molecule has 2 N–H and O–H groups in total. The molecule has 3 nitrogen and oxygen atoms in total. The summed E-state index contributed by atoms with van der Waals surface area (Å²) in [6.45, 7) is 3.37. The minimum absolute atomic E-state index is 0.0749. The monoisotopic (exact) mass is 255 g/mol. The Hall–Kier alpha value is -0.610. The van der Waals surface area contributed by atoms with Gasteiger partial charge in [-0.1, -0.05) is 23.7 Å². The minimum Gasteiger partial charge on any atom is -0.379 e. The predicted octanol–water partition coefficient (Wildman–Crippen LogP) is 2.53. The lowest BCUT2D eigenvalue weighted by atomic mass is 10.0. The molecule has 1 aromatic rings. The van der Waals surface area contributed by atoms with E-state index in [2.05, 4.69) is 0 Å². The zero-order valence-electron chi connectivity index (χ0n) is 9.93. The summed E-state index contributed by atoms with van der Waals surface area (Å²) in [5.74, 6) is 0. The maximum atomic E-state index is 6.01. The third-order valence-electron chi connectivity index (χ3n) is 2.88. The van der Waals surface area contributed by atoms with Crippen molar-refractivity contribution in [1.82, 2.24) is 0 Å². The Morgan fingerprint density at radius 1 is 1.53 bits per heavy atom. The van der Waals surface area contributed by atoms with E-state index >= 15 is 0 Å². The van der Waals surface area contributed by atoms with Crippen LogP contribution in [-0.2, 0) is 9.47 Å². The summed E-state index contributed by atoms with van der Waals surface area (Å²) >= 11 is 5.99. The second-order valence-electron chi connectivity index (χ2n) is 4.46. The summed E-state index contributed by atoms with van der Waals surface area (Å²) in [6.07, 6.45) is 0.953. The molecule has 0 saturated carbocycles. The average molecular weight is 256 g/mol. The van der Waals surface area contributed by atoms with Gasteiger partial charge in [-0.2, -0.15) is 0 Å². The molecule has 4 heteroatoms. The lowest BCUT2D eigenvalue weighted by Crippen LogP contribution is -2.30. The van der Waals surface area contributed by atoms with E-state index in [0.717, 1.165) is 18.6 Å². The average Bonchev–Trinajstić information content (AvgIpc) is 2.78. The molecule has 1 aliphatic heterocycles. The third kappa shape index (κ3) is 3.42. The van der Waals surface area contributed by atoms with Crippen molar-refractivity contribution >= 4 is 11.6 Å². The van der Waals surface area contributed by atoms with Gasteiger partial charge in [-0.15, -0.1) is 0 Å². The van der Waals surface area contributed by atoms with Crippen LogP contribution < -0.4 is 5.73 Å². The Labute approximate surface area is 107 Å². The van der Waals surface area contributed by atoms with Crippen molar-refractivity contribution in [1.29, 1.82) is 0 Å². The van der Waals surface area contributed by atoms with Crippen LogP contribution in [0, 0.1) is 0 Å². The fourth-order valence-corrected chi connectivity index (χ4v) is 2.22. The SMILES string of the molecule is CC(N)C(OC1CCOC1)c1cccc(Cl)c1. The third-order valence-corrected chi connectivity index (χ3v) is 3.12. The van der Waals surface area contributed by atoms with Crippen molar-refractivity contribution in [3.8, 4) is 0 Å². The molecule has 1 aromatic carbocycles. The van der Waals surface area contributed by atoms with E-state index in [4.69, 9.17) is 26.8 Å². The molecule has 17 heavy (non-hydrogen) atoms. The molecule has 0 aliphatic carbocycles. The molecule has 0 spiro atoms. The van der Waals surface area contributed by atoms with Crippen molar-refractivity contribution in [2.75, 3.05) is 13.2 Å². The summed E-state index contributed by atoms with van der Waals surface area (Å²) in [5.41, 5.74) is 7.02. The van der Waals surface area contributed by atoms with Gasteiger partial charge in [-0.05, 0) is 31.0 Å². The number of nitrogens with two attached hydrogens (primary N) is 1. The van der Waals surface area contributed by atoms with E-state index in [0.29, 0.717) is 11.6 Å². The predicted molar refractivity (Wildman–Crippen MR) is 68.2 cm³/mol. The van der Waals surface area contributed by atoms with E-state index in [1.165, 1.54) is 0 Å². The van der Waals surface area contributed by atoms with E-state index in [1.54, 1.807) is 0 Å². The van der Waals surface area contributed by atoms with Crippen molar-refractivity contribution in [2.45, 2.75) is 31.6 Å². The van der Waals surface area contributed by atoms with E-state index in [-0.39, 0.29) is 18.2 Å². The number of hydrogen-bond acceptors (Lipinski definition) is 3. The first-order valence-electron chi connectivity index (χ1n) is 5.91. The van der Waals surface area contributed by atoms with Crippen molar-refractivity contribution in [2.24, 2.45) is 5.73 Å². The van der Waals surface area contributed by atoms with Gasteiger partial charge in [0.05, 0.1) is 18.8 Å². The maximum absolute atomic E-state index is 6.01. The Morgan fingerprint density at radius 2 is 2.35 bits per heavy atom. The molecular formula is C13H18ClNO2. The second kappa shape index (κ2) is 5.83. The number of ether oxygens (including phenoxy) is 2. The standard InChI is InChI=1S/C13H18ClNO2/c1-9(15)13(17-12-5-6-16-8-12)10-3-2-4-11(14)7-10/h2-4,7,9,12-13H,5-6,8,15H2,1H3. The highest BCUT2D eigenvalue weighted by Crippen LogP contribution is 2.26. The van der Waals surface area contributed by atoms with Crippen molar-refractivity contribution in [3.63, 3.8) is 0 Å². The zero-order chi connectivity index (χ0) is 12.3. The highest BCUT2D eigenvalue weighted by Gasteiger charge is 2.24. The molecule has 0 bridgehead atoms. The molecule has 1 fully saturated rings. The topological polar surface area (TPSA) is 44.5 Å². The van der Waals surface area contributed by atoms with Crippen LogP contribution in [0.15, 0.2) is 24.3 Å². The number of rotatable bonds is 4. The number of benzene rings is 1. The first kappa shape index (κ1) is 12.8. The summed E-state index contributed by atoms with van der Waals surface area (Å²) in [6, 6.07) is 7.60. The fourth-order valence-electron chi connectivity index (χ4n) is 2.02. The lowest BCUT2D eigenvalue weighted by molar-refractivity contribution is -0.0269. The number of hydrogen-bond donors (Lipinski definition) is 1. The summed E-state index contributed by atoms with van der Waals surface area (Å²) in [7, 11) is 0. The molecule has 0 aromatic heterocycles. The largest absolute Gasteiger partial charge is 0.379 e. The van der Waals surface area contributed by atoms with E-state index in [9.17, 15) is 0 Å². The Kier molecular flexibility index (Phi) is 4.40. The Balaban J connectivity index is 2.10. The first-order chi connectivity index (χ1) is 8.16. The van der Waals surface area contributed by atoms with Crippen LogP contribution in [0.25, 0.3) is 0 Å². The molecule has 0 radical (unpaired) electrons. The van der Waals surface area contributed by atoms with Gasteiger partial charge in [-0.3, -0.25) is 0 Å². The normalized spacial score (nSPS) is 23.6. The quantitative estimate of drug-likeness (QED) is 0.899. The van der Waals surface area contributed by atoms with Gasteiger partial charge < -0.3 is 15.2 Å². The summed E-state index contributed by atoms with van der Waals surface area (Å²) in [4.78, 5) is 0. The highest BCUT2D eigenvalue weighted by atomic mass is 35.5. The van der Waals surface area contributed by atoms with Gasteiger partial charge in [0.15, 0.2) is 0 Å². The van der Waals surface area contributed by atoms with Gasteiger partial charge in [0, 0.05) is 17.7 Å². The highest BCUT2D eigenvalue weighted by molar-refractivity contribution is 6.30. The molecule has 1 aliphatic rings. The van der Waals surface area contributed by atoms with Gasteiger partial charge in [0.1, 0.15) is 0 Å². The van der Waals surface area contributed by atoms with Crippen LogP contribution >= 0.6 is 11.6 Å². The molecule has 1 heterocycles. The van der Waals surface area contributed by atoms with Crippen LogP contribution in [-0.4, -0.2) is 25.4 Å². The second-order valence-corrected chi connectivity index (χ2v) is 4.89. The van der Waals surface area contributed by atoms with Crippen LogP contribution in [0.2, 0.25) is 5.02 Å². The lowest BCUT2D eigenvalue weighted by Gasteiger charge is -2.25. The molecular weight excluding hydrogens is 238 g/mol. The van der Waals surface area contributed by atoms with E-state index < -0.39 is 0 Å². The molecule has 3 unspecified atom stereocenters. The Morgan fingerprint density at radius 3 is 2.94 bits per heavy atom. The van der Waals surface area contributed by atoms with Crippen LogP contribution in [0.5, 0.6) is 0 Å². The molecule has 2 rings (SSSR count). The smallest absolute Gasteiger partial charge is 0.0978 e. The summed E-state index contributed by atoms with van der Waals surface area (Å²) < 4.78 is 11.3. The van der Waals surface area contributed by atoms with Crippen molar-refractivity contribution in [3.05, 3.63) is 34.9 Å². The molecule has 94 valence electrons. The maximum Gasteiger partial charge on any atom is 0.0978 e. The van der Waals surface area contributed by atoms with Crippen LogP contribution in [0.1, 0.15) is 25.0 Å². The van der Waals surface area contributed by atoms with Crippen molar-refractivity contribution < 1.29 is 9.47 Å².